The number of methoxy groups -OCH3 is 1. The molecule has 1 aromatic heterocycles. The Labute approximate surface area is 80.5 Å². The standard InChI is InChI=1S/C8H12N2O4/c1-5(2)7-9-14-8(12)10(7)4-6(11)13-3/h5H,4H2,1-3H3. The van der Waals surface area contributed by atoms with Crippen molar-refractivity contribution in [3.63, 3.8) is 0 Å². The summed E-state index contributed by atoms with van der Waals surface area (Å²) in [6.45, 7) is 3.54. The van der Waals surface area contributed by atoms with Crippen molar-refractivity contribution in [3.05, 3.63) is 16.4 Å². The van der Waals surface area contributed by atoms with Gasteiger partial charge in [0.25, 0.3) is 0 Å². The molecule has 0 fully saturated rings. The molecule has 0 saturated heterocycles. The van der Waals surface area contributed by atoms with Crippen LogP contribution in [0.5, 0.6) is 0 Å². The smallest absolute Gasteiger partial charge is 0.442 e. The Morgan fingerprint density at radius 2 is 2.29 bits per heavy atom. The number of ether oxygens (including phenoxy) is 1. The van der Waals surface area contributed by atoms with Crippen molar-refractivity contribution in [2.24, 2.45) is 0 Å². The summed E-state index contributed by atoms with van der Waals surface area (Å²) in [5, 5.41) is 3.57. The highest BCUT2D eigenvalue weighted by molar-refractivity contribution is 5.68. The van der Waals surface area contributed by atoms with Crippen LogP contribution in [0, 0.1) is 0 Å². The molecule has 0 aliphatic carbocycles. The second kappa shape index (κ2) is 4.08. The molecule has 0 saturated carbocycles. The average molecular weight is 200 g/mol. The van der Waals surface area contributed by atoms with Crippen LogP contribution in [0.15, 0.2) is 9.32 Å². The second-order valence-electron chi connectivity index (χ2n) is 3.12. The molecule has 0 amide bonds. The molecule has 0 unspecified atom stereocenters. The van der Waals surface area contributed by atoms with Crippen LogP contribution < -0.4 is 5.76 Å². The van der Waals surface area contributed by atoms with E-state index in [9.17, 15) is 9.59 Å². The Balaban J connectivity index is 3.00. The third kappa shape index (κ3) is 2.01. The van der Waals surface area contributed by atoms with E-state index in [0.29, 0.717) is 5.82 Å². The number of carbonyl (C=O) groups is 1. The molecule has 0 aliphatic rings. The van der Waals surface area contributed by atoms with Gasteiger partial charge >= 0.3 is 11.7 Å². The molecule has 0 bridgehead atoms. The molecule has 6 nitrogen and oxygen atoms in total. The zero-order valence-corrected chi connectivity index (χ0v) is 8.31. The van der Waals surface area contributed by atoms with Crippen molar-refractivity contribution in [2.45, 2.75) is 26.3 Å². The number of hydrogen-bond donors (Lipinski definition) is 0. The number of carbonyl (C=O) groups excluding carboxylic acids is 1. The molecule has 0 N–H and O–H groups in total. The fourth-order valence-electron chi connectivity index (χ4n) is 1.03. The SMILES string of the molecule is COC(=O)Cn1c(C(C)C)noc1=O. The molecule has 1 aromatic rings. The van der Waals surface area contributed by atoms with Crippen molar-refractivity contribution in [3.8, 4) is 0 Å². The van der Waals surface area contributed by atoms with Gasteiger partial charge in [-0.3, -0.25) is 9.32 Å². The summed E-state index contributed by atoms with van der Waals surface area (Å²) >= 11 is 0. The Hall–Kier alpha value is -1.59. The van der Waals surface area contributed by atoms with Gasteiger partial charge in [0, 0.05) is 5.92 Å². The number of hydrogen-bond acceptors (Lipinski definition) is 5. The summed E-state index contributed by atoms with van der Waals surface area (Å²) in [6.07, 6.45) is 0. The van der Waals surface area contributed by atoms with Crippen molar-refractivity contribution >= 4 is 5.97 Å². The average Bonchev–Trinajstić information content (AvgIpc) is 2.48. The first-order valence-corrected chi connectivity index (χ1v) is 4.19. The lowest BCUT2D eigenvalue weighted by Crippen LogP contribution is -2.23. The summed E-state index contributed by atoms with van der Waals surface area (Å²) < 4.78 is 10.1. The fourth-order valence-corrected chi connectivity index (χ4v) is 1.03. The van der Waals surface area contributed by atoms with E-state index in [0.717, 1.165) is 4.57 Å². The second-order valence-corrected chi connectivity index (χ2v) is 3.12. The van der Waals surface area contributed by atoms with Gasteiger partial charge in [-0.05, 0) is 0 Å². The van der Waals surface area contributed by atoms with E-state index in [2.05, 4.69) is 14.4 Å². The first kappa shape index (κ1) is 10.5. The van der Waals surface area contributed by atoms with Crippen LogP contribution in [-0.2, 0) is 16.1 Å². The van der Waals surface area contributed by atoms with E-state index >= 15 is 0 Å². The van der Waals surface area contributed by atoms with Crippen LogP contribution in [0.3, 0.4) is 0 Å². The number of nitrogens with zero attached hydrogens (tertiary/aromatic N) is 2. The molecular formula is C8H12N2O4. The molecule has 1 heterocycles. The summed E-state index contributed by atoms with van der Waals surface area (Å²) in [7, 11) is 1.26. The lowest BCUT2D eigenvalue weighted by Gasteiger charge is -2.04. The molecule has 0 radical (unpaired) electrons. The van der Waals surface area contributed by atoms with E-state index in [1.165, 1.54) is 7.11 Å². The third-order valence-electron chi connectivity index (χ3n) is 1.75. The van der Waals surface area contributed by atoms with Crippen LogP contribution in [0.1, 0.15) is 25.6 Å². The lowest BCUT2D eigenvalue weighted by atomic mass is 10.2. The highest BCUT2D eigenvalue weighted by Crippen LogP contribution is 2.08. The van der Waals surface area contributed by atoms with Crippen LogP contribution in [0.2, 0.25) is 0 Å². The van der Waals surface area contributed by atoms with E-state index in [1.807, 2.05) is 13.8 Å². The Kier molecular flexibility index (Phi) is 3.06. The first-order chi connectivity index (χ1) is 6.56. The van der Waals surface area contributed by atoms with Crippen LogP contribution in [0.25, 0.3) is 0 Å². The van der Waals surface area contributed by atoms with Gasteiger partial charge in [0.1, 0.15) is 6.54 Å². The molecule has 0 atom stereocenters. The zero-order valence-electron chi connectivity index (χ0n) is 8.31. The van der Waals surface area contributed by atoms with Gasteiger partial charge in [-0.25, -0.2) is 9.36 Å². The predicted molar refractivity (Wildman–Crippen MR) is 46.9 cm³/mol. The van der Waals surface area contributed by atoms with E-state index in [-0.39, 0.29) is 12.5 Å². The van der Waals surface area contributed by atoms with Crippen LogP contribution >= 0.6 is 0 Å². The number of rotatable bonds is 3. The molecule has 1 rings (SSSR count). The maximum absolute atomic E-state index is 11.1. The van der Waals surface area contributed by atoms with Gasteiger partial charge in [0.15, 0.2) is 5.82 Å². The van der Waals surface area contributed by atoms with Crippen LogP contribution in [0.4, 0.5) is 0 Å². The maximum Gasteiger partial charge on any atom is 0.442 e. The molecule has 6 heteroatoms. The summed E-state index contributed by atoms with van der Waals surface area (Å²) in [5.74, 6) is -0.678. The Bertz CT molecular complexity index is 377. The van der Waals surface area contributed by atoms with Crippen LogP contribution in [-0.4, -0.2) is 22.8 Å². The van der Waals surface area contributed by atoms with Gasteiger partial charge in [0.05, 0.1) is 7.11 Å². The monoisotopic (exact) mass is 200 g/mol. The van der Waals surface area contributed by atoms with Crippen molar-refractivity contribution in [1.82, 2.24) is 9.72 Å². The molecule has 0 spiro atoms. The largest absolute Gasteiger partial charge is 0.468 e. The minimum absolute atomic E-state index is 0.0195. The molecular weight excluding hydrogens is 188 g/mol. The highest BCUT2D eigenvalue weighted by Gasteiger charge is 2.16. The number of aromatic nitrogens is 2. The van der Waals surface area contributed by atoms with E-state index in [1.54, 1.807) is 0 Å². The minimum atomic E-state index is -0.640. The summed E-state index contributed by atoms with van der Waals surface area (Å²) in [6, 6.07) is 0. The summed E-state index contributed by atoms with van der Waals surface area (Å²) in [4.78, 5) is 22.1. The normalized spacial score (nSPS) is 10.6. The van der Waals surface area contributed by atoms with E-state index < -0.39 is 11.7 Å². The van der Waals surface area contributed by atoms with Gasteiger partial charge in [-0.2, -0.15) is 0 Å². The van der Waals surface area contributed by atoms with Crippen molar-refractivity contribution in [2.75, 3.05) is 7.11 Å². The van der Waals surface area contributed by atoms with Crippen molar-refractivity contribution < 1.29 is 14.1 Å². The molecule has 0 aliphatic heterocycles. The Morgan fingerprint density at radius 3 is 2.79 bits per heavy atom. The quantitative estimate of drug-likeness (QED) is 0.648. The Morgan fingerprint density at radius 1 is 1.64 bits per heavy atom. The van der Waals surface area contributed by atoms with Gasteiger partial charge < -0.3 is 4.74 Å². The topological polar surface area (TPSA) is 74.3 Å². The lowest BCUT2D eigenvalue weighted by molar-refractivity contribution is -0.141. The fraction of sp³-hybridized carbons (Fsp3) is 0.625. The van der Waals surface area contributed by atoms with Crippen molar-refractivity contribution in [1.29, 1.82) is 0 Å². The molecule has 14 heavy (non-hydrogen) atoms. The van der Waals surface area contributed by atoms with Gasteiger partial charge in [-0.1, -0.05) is 19.0 Å². The highest BCUT2D eigenvalue weighted by atomic mass is 16.5. The molecule has 0 aromatic carbocycles. The maximum atomic E-state index is 11.1. The zero-order chi connectivity index (χ0) is 10.7. The van der Waals surface area contributed by atoms with Gasteiger partial charge in [0.2, 0.25) is 0 Å². The minimum Gasteiger partial charge on any atom is -0.468 e. The number of esters is 1. The predicted octanol–water partition coefficient (Wildman–Crippen LogP) is 0.133. The first-order valence-electron chi connectivity index (χ1n) is 4.19. The van der Waals surface area contributed by atoms with Gasteiger partial charge in [-0.15, -0.1) is 0 Å². The summed E-state index contributed by atoms with van der Waals surface area (Å²) in [5.41, 5.74) is 0. The third-order valence-corrected chi connectivity index (χ3v) is 1.75. The van der Waals surface area contributed by atoms with E-state index in [4.69, 9.17) is 0 Å². The molecule has 78 valence electrons.